The average molecular weight is 456 g/mol. The molecule has 176 valence electrons. The first kappa shape index (κ1) is 22.5. The lowest BCUT2D eigenvalue weighted by molar-refractivity contribution is 0.249. The summed E-state index contributed by atoms with van der Waals surface area (Å²) in [5.41, 5.74) is 5.51. The number of anilines is 1. The number of imidazole rings is 1. The minimum atomic E-state index is 0.638. The van der Waals surface area contributed by atoms with E-state index in [0.717, 1.165) is 67.5 Å². The molecule has 0 unspecified atom stereocenters. The van der Waals surface area contributed by atoms with Crippen molar-refractivity contribution in [1.82, 2.24) is 29.2 Å². The van der Waals surface area contributed by atoms with Gasteiger partial charge in [-0.1, -0.05) is 6.92 Å². The molecule has 0 bridgehead atoms. The van der Waals surface area contributed by atoms with Gasteiger partial charge in [-0.05, 0) is 68.8 Å². The van der Waals surface area contributed by atoms with Gasteiger partial charge < -0.3 is 14.2 Å². The smallest absolute Gasteiger partial charge is 0.136 e. The van der Waals surface area contributed by atoms with Crippen LogP contribution in [0.15, 0.2) is 55.1 Å². The van der Waals surface area contributed by atoms with E-state index in [1.165, 1.54) is 11.1 Å². The van der Waals surface area contributed by atoms with Gasteiger partial charge in [-0.15, -0.1) is 0 Å². The molecule has 1 saturated heterocycles. The molecule has 0 amide bonds. The van der Waals surface area contributed by atoms with Crippen LogP contribution in [-0.4, -0.2) is 62.5 Å². The Balaban J connectivity index is 1.44. The molecule has 4 aromatic rings. The quantitative estimate of drug-likeness (QED) is 0.423. The standard InChI is InChI=1S/C27H33N7/c1-4-20-5-9-28-22(15-20)18-25-30-23(16-21-6-11-34-14-10-29-26(34)17-21)19-27(31-25)33-12-7-24(8-13-33)32(2)3/h5-6,9-11,14-15,17,19,24H,4,7-8,12-13,16,18H2,1-3H3. The van der Waals surface area contributed by atoms with Gasteiger partial charge in [-0.3, -0.25) is 4.98 Å². The molecule has 4 aromatic heterocycles. The second-order valence-corrected chi connectivity index (χ2v) is 9.41. The predicted octanol–water partition coefficient (Wildman–Crippen LogP) is 3.79. The SMILES string of the molecule is CCc1ccnc(Cc2nc(Cc3ccn4ccnc4c3)cc(N3CCC(N(C)C)CC3)n2)c1. The molecule has 7 heteroatoms. The molecule has 0 spiro atoms. The predicted molar refractivity (Wildman–Crippen MR) is 135 cm³/mol. The zero-order chi connectivity index (χ0) is 23.5. The van der Waals surface area contributed by atoms with E-state index in [1.807, 2.05) is 23.0 Å². The van der Waals surface area contributed by atoms with Crippen LogP contribution in [0.2, 0.25) is 0 Å². The maximum Gasteiger partial charge on any atom is 0.136 e. The molecule has 0 atom stereocenters. The van der Waals surface area contributed by atoms with Gasteiger partial charge in [0, 0.05) is 62.1 Å². The van der Waals surface area contributed by atoms with Crippen LogP contribution in [-0.2, 0) is 19.3 Å². The highest BCUT2D eigenvalue weighted by Gasteiger charge is 2.22. The summed E-state index contributed by atoms with van der Waals surface area (Å²) < 4.78 is 2.03. The highest BCUT2D eigenvalue weighted by atomic mass is 15.2. The van der Waals surface area contributed by atoms with E-state index in [4.69, 9.17) is 9.97 Å². The summed E-state index contributed by atoms with van der Waals surface area (Å²) in [6, 6.07) is 11.3. The van der Waals surface area contributed by atoms with Crippen LogP contribution in [0.5, 0.6) is 0 Å². The second-order valence-electron chi connectivity index (χ2n) is 9.41. The largest absolute Gasteiger partial charge is 0.356 e. The number of aryl methyl sites for hydroxylation is 1. The highest BCUT2D eigenvalue weighted by Crippen LogP contribution is 2.23. The number of rotatable bonds is 7. The van der Waals surface area contributed by atoms with Crippen molar-refractivity contribution in [2.75, 3.05) is 32.1 Å². The Morgan fingerprint density at radius 1 is 0.882 bits per heavy atom. The molecule has 1 aliphatic heterocycles. The fourth-order valence-corrected chi connectivity index (χ4v) is 4.76. The third kappa shape index (κ3) is 5.09. The Hall–Kier alpha value is -3.32. The van der Waals surface area contributed by atoms with Gasteiger partial charge >= 0.3 is 0 Å². The van der Waals surface area contributed by atoms with E-state index in [2.05, 4.69) is 77.3 Å². The number of piperidine rings is 1. The molecule has 5 heterocycles. The summed E-state index contributed by atoms with van der Waals surface area (Å²) in [4.78, 5) is 23.8. The summed E-state index contributed by atoms with van der Waals surface area (Å²) in [5, 5.41) is 0. The number of fused-ring (bicyclic) bond motifs is 1. The molecule has 1 aliphatic rings. The zero-order valence-corrected chi connectivity index (χ0v) is 20.4. The van der Waals surface area contributed by atoms with E-state index in [-0.39, 0.29) is 0 Å². The Morgan fingerprint density at radius 3 is 2.53 bits per heavy atom. The van der Waals surface area contributed by atoms with Crippen LogP contribution < -0.4 is 4.90 Å². The number of hydrogen-bond acceptors (Lipinski definition) is 6. The van der Waals surface area contributed by atoms with Crippen LogP contribution >= 0.6 is 0 Å². The van der Waals surface area contributed by atoms with Crippen molar-refractivity contribution in [3.63, 3.8) is 0 Å². The van der Waals surface area contributed by atoms with E-state index in [1.54, 1.807) is 0 Å². The van der Waals surface area contributed by atoms with Crippen molar-refractivity contribution >= 4 is 11.5 Å². The van der Waals surface area contributed by atoms with Crippen molar-refractivity contribution in [2.45, 2.75) is 45.1 Å². The van der Waals surface area contributed by atoms with Crippen molar-refractivity contribution in [2.24, 2.45) is 0 Å². The first-order chi connectivity index (χ1) is 16.6. The molecule has 7 nitrogen and oxygen atoms in total. The molecule has 0 aliphatic carbocycles. The number of hydrogen-bond donors (Lipinski definition) is 0. The van der Waals surface area contributed by atoms with Gasteiger partial charge in [0.2, 0.25) is 0 Å². The number of nitrogens with zero attached hydrogens (tertiary/aromatic N) is 7. The fourth-order valence-electron chi connectivity index (χ4n) is 4.76. The lowest BCUT2D eigenvalue weighted by Gasteiger charge is -2.36. The molecule has 5 rings (SSSR count). The average Bonchev–Trinajstić information content (AvgIpc) is 3.32. The van der Waals surface area contributed by atoms with Crippen LogP contribution in [0.3, 0.4) is 0 Å². The lowest BCUT2D eigenvalue weighted by Crippen LogP contribution is -2.42. The zero-order valence-electron chi connectivity index (χ0n) is 20.4. The van der Waals surface area contributed by atoms with Gasteiger partial charge in [0.25, 0.3) is 0 Å². The van der Waals surface area contributed by atoms with Crippen molar-refractivity contribution < 1.29 is 0 Å². The monoisotopic (exact) mass is 455 g/mol. The summed E-state index contributed by atoms with van der Waals surface area (Å²) in [5.74, 6) is 1.87. The Kier molecular flexibility index (Phi) is 6.54. The molecular formula is C27H33N7. The van der Waals surface area contributed by atoms with Crippen LogP contribution in [0, 0.1) is 0 Å². The topological polar surface area (TPSA) is 62.5 Å². The third-order valence-corrected chi connectivity index (χ3v) is 6.81. The fraction of sp³-hybridized carbons (Fsp3) is 0.407. The second kappa shape index (κ2) is 9.89. The summed E-state index contributed by atoms with van der Waals surface area (Å²) >= 11 is 0. The van der Waals surface area contributed by atoms with E-state index in [9.17, 15) is 0 Å². The summed E-state index contributed by atoms with van der Waals surface area (Å²) in [6.07, 6.45) is 12.4. The van der Waals surface area contributed by atoms with E-state index >= 15 is 0 Å². The lowest BCUT2D eigenvalue weighted by atomic mass is 10.0. The normalized spacial score (nSPS) is 14.9. The number of pyridine rings is 2. The minimum absolute atomic E-state index is 0.638. The van der Waals surface area contributed by atoms with Gasteiger partial charge in [0.05, 0.1) is 12.1 Å². The molecular weight excluding hydrogens is 422 g/mol. The Bertz CT molecular complexity index is 1250. The summed E-state index contributed by atoms with van der Waals surface area (Å²) in [6.45, 7) is 4.20. The van der Waals surface area contributed by atoms with Crippen molar-refractivity contribution in [3.05, 3.63) is 83.5 Å². The first-order valence-electron chi connectivity index (χ1n) is 12.2. The third-order valence-electron chi connectivity index (χ3n) is 6.81. The molecule has 1 fully saturated rings. The van der Waals surface area contributed by atoms with Gasteiger partial charge in [-0.2, -0.15) is 0 Å². The minimum Gasteiger partial charge on any atom is -0.356 e. The Morgan fingerprint density at radius 2 is 1.74 bits per heavy atom. The van der Waals surface area contributed by atoms with Gasteiger partial charge in [0.1, 0.15) is 17.3 Å². The van der Waals surface area contributed by atoms with E-state index < -0.39 is 0 Å². The van der Waals surface area contributed by atoms with Crippen molar-refractivity contribution in [3.8, 4) is 0 Å². The maximum absolute atomic E-state index is 5.01. The van der Waals surface area contributed by atoms with E-state index in [0.29, 0.717) is 12.5 Å². The molecule has 0 radical (unpaired) electrons. The van der Waals surface area contributed by atoms with Gasteiger partial charge in [-0.25, -0.2) is 15.0 Å². The molecule has 0 N–H and O–H groups in total. The van der Waals surface area contributed by atoms with Crippen LogP contribution in [0.1, 0.15) is 48.1 Å². The summed E-state index contributed by atoms with van der Waals surface area (Å²) in [7, 11) is 4.35. The van der Waals surface area contributed by atoms with Crippen LogP contribution in [0.4, 0.5) is 5.82 Å². The van der Waals surface area contributed by atoms with Gasteiger partial charge in [0.15, 0.2) is 0 Å². The molecule has 0 aromatic carbocycles. The Labute approximate surface area is 201 Å². The highest BCUT2D eigenvalue weighted by molar-refractivity contribution is 5.45. The molecule has 34 heavy (non-hydrogen) atoms. The first-order valence-corrected chi connectivity index (χ1v) is 12.2. The number of aromatic nitrogens is 5. The maximum atomic E-state index is 5.01. The van der Waals surface area contributed by atoms with Crippen LogP contribution in [0.25, 0.3) is 5.65 Å². The molecule has 0 saturated carbocycles. The van der Waals surface area contributed by atoms with Crippen molar-refractivity contribution in [1.29, 1.82) is 0 Å².